The first-order valence-electron chi connectivity index (χ1n) is 8.59. The van der Waals surface area contributed by atoms with Crippen LogP contribution in [0.3, 0.4) is 0 Å². The summed E-state index contributed by atoms with van der Waals surface area (Å²) < 4.78 is 5.91. The van der Waals surface area contributed by atoms with Gasteiger partial charge in [0, 0.05) is 12.2 Å². The molecule has 0 aromatic heterocycles. The Morgan fingerprint density at radius 2 is 1.95 bits per heavy atom. The Kier molecular flexibility index (Phi) is 7.47. The van der Waals surface area contributed by atoms with Crippen LogP contribution in [-0.4, -0.2) is 30.6 Å². The average molecular weight is 303 g/mol. The lowest BCUT2D eigenvalue weighted by Crippen LogP contribution is -2.28. The van der Waals surface area contributed by atoms with Crippen LogP contribution < -0.4 is 4.90 Å². The predicted molar refractivity (Wildman–Crippen MR) is 92.1 cm³/mol. The van der Waals surface area contributed by atoms with Crippen LogP contribution in [0.15, 0.2) is 42.5 Å². The van der Waals surface area contributed by atoms with Crippen molar-refractivity contribution in [3.05, 3.63) is 42.5 Å². The van der Waals surface area contributed by atoms with E-state index in [9.17, 15) is 5.11 Å². The van der Waals surface area contributed by atoms with Crippen molar-refractivity contribution in [3.63, 3.8) is 0 Å². The summed E-state index contributed by atoms with van der Waals surface area (Å²) in [5, 5.41) is 9.36. The van der Waals surface area contributed by atoms with Gasteiger partial charge < -0.3 is 14.7 Å². The molecule has 0 spiro atoms. The van der Waals surface area contributed by atoms with Crippen molar-refractivity contribution in [2.75, 3.05) is 18.1 Å². The van der Waals surface area contributed by atoms with E-state index in [0.29, 0.717) is 0 Å². The van der Waals surface area contributed by atoms with Crippen LogP contribution in [0.25, 0.3) is 0 Å². The zero-order valence-electron chi connectivity index (χ0n) is 13.7. The van der Waals surface area contributed by atoms with E-state index in [0.717, 1.165) is 18.7 Å². The van der Waals surface area contributed by atoms with E-state index >= 15 is 0 Å². The Morgan fingerprint density at radius 3 is 2.68 bits per heavy atom. The molecular formula is C19H29NO2. The second-order valence-corrected chi connectivity index (χ2v) is 5.95. The Morgan fingerprint density at radius 1 is 1.18 bits per heavy atom. The molecular weight excluding hydrogens is 274 g/mol. The van der Waals surface area contributed by atoms with Gasteiger partial charge in [0.25, 0.3) is 0 Å². The molecule has 22 heavy (non-hydrogen) atoms. The van der Waals surface area contributed by atoms with E-state index in [1.54, 1.807) is 0 Å². The molecule has 1 saturated heterocycles. The maximum Gasteiger partial charge on any atom is 0.150 e. The molecule has 0 amide bonds. The summed E-state index contributed by atoms with van der Waals surface area (Å²) in [6.45, 7) is 3.06. The summed E-state index contributed by atoms with van der Waals surface area (Å²) in [5.74, 6) is 0. The smallest absolute Gasteiger partial charge is 0.150 e. The van der Waals surface area contributed by atoms with Crippen molar-refractivity contribution in [1.82, 2.24) is 0 Å². The number of unbranched alkanes of at least 4 members (excludes halogenated alkanes) is 5. The van der Waals surface area contributed by atoms with Crippen LogP contribution >= 0.6 is 0 Å². The number of nitrogens with zero attached hydrogens (tertiary/aromatic N) is 1. The van der Waals surface area contributed by atoms with E-state index in [2.05, 4.69) is 36.1 Å². The summed E-state index contributed by atoms with van der Waals surface area (Å²) >= 11 is 0. The molecule has 1 heterocycles. The van der Waals surface area contributed by atoms with Crippen LogP contribution in [0.2, 0.25) is 0 Å². The number of hydrogen-bond donors (Lipinski definition) is 1. The van der Waals surface area contributed by atoms with Gasteiger partial charge in [-0.3, -0.25) is 0 Å². The van der Waals surface area contributed by atoms with Gasteiger partial charge in [-0.15, -0.1) is 0 Å². The molecule has 122 valence electrons. The lowest BCUT2D eigenvalue weighted by molar-refractivity contribution is 0.0353. The molecule has 1 aliphatic rings. The number of hydrogen-bond acceptors (Lipinski definition) is 3. The Bertz CT molecular complexity index is 432. The number of rotatable bonds is 9. The van der Waals surface area contributed by atoms with Crippen LogP contribution in [0.1, 0.15) is 45.4 Å². The van der Waals surface area contributed by atoms with Crippen molar-refractivity contribution < 1.29 is 9.84 Å². The number of ether oxygens (including phenoxy) is 1. The Labute approximate surface area is 134 Å². The largest absolute Gasteiger partial charge is 0.394 e. The molecule has 1 fully saturated rings. The van der Waals surface area contributed by atoms with Crippen LogP contribution in [0.5, 0.6) is 0 Å². The topological polar surface area (TPSA) is 32.7 Å². The fourth-order valence-electron chi connectivity index (χ4n) is 2.84. The Hall–Kier alpha value is -1.32. The first kappa shape index (κ1) is 17.0. The number of allylic oxidation sites excluding steroid dienone is 1. The highest BCUT2D eigenvalue weighted by Gasteiger charge is 2.30. The minimum absolute atomic E-state index is 0.0600. The molecule has 0 saturated carbocycles. The van der Waals surface area contributed by atoms with Gasteiger partial charge in [0.15, 0.2) is 0 Å². The number of para-hydroxylation sites is 1. The lowest BCUT2D eigenvalue weighted by Gasteiger charge is -2.22. The van der Waals surface area contributed by atoms with Crippen LogP contribution in [0.4, 0.5) is 5.69 Å². The van der Waals surface area contributed by atoms with Gasteiger partial charge in [-0.05, 0) is 31.1 Å². The zero-order chi connectivity index (χ0) is 15.6. The van der Waals surface area contributed by atoms with E-state index in [4.69, 9.17) is 4.74 Å². The molecule has 0 radical (unpaired) electrons. The van der Waals surface area contributed by atoms with Crippen molar-refractivity contribution in [3.8, 4) is 0 Å². The van der Waals surface area contributed by atoms with E-state index in [-0.39, 0.29) is 18.9 Å². The molecule has 2 unspecified atom stereocenters. The van der Waals surface area contributed by atoms with Crippen molar-refractivity contribution in [1.29, 1.82) is 0 Å². The number of aliphatic hydroxyl groups excluding tert-OH is 1. The SMILES string of the molecule is CCCCCCCC=CC1OC(CO)CN1c1ccccc1. The van der Waals surface area contributed by atoms with Gasteiger partial charge in [0.1, 0.15) is 12.3 Å². The maximum atomic E-state index is 9.36. The fraction of sp³-hybridized carbons (Fsp3) is 0.579. The molecule has 1 aliphatic heterocycles. The molecule has 0 bridgehead atoms. The van der Waals surface area contributed by atoms with Gasteiger partial charge in [0.2, 0.25) is 0 Å². The van der Waals surface area contributed by atoms with Crippen molar-refractivity contribution in [2.45, 2.75) is 57.8 Å². The first-order valence-corrected chi connectivity index (χ1v) is 8.59. The third kappa shape index (κ3) is 5.15. The predicted octanol–water partition coefficient (Wildman–Crippen LogP) is 4.13. The average Bonchev–Trinajstić information content (AvgIpc) is 2.98. The van der Waals surface area contributed by atoms with E-state index < -0.39 is 0 Å². The van der Waals surface area contributed by atoms with Gasteiger partial charge >= 0.3 is 0 Å². The number of aliphatic hydroxyl groups is 1. The summed E-state index contributed by atoms with van der Waals surface area (Å²) in [7, 11) is 0. The Balaban J connectivity index is 1.84. The van der Waals surface area contributed by atoms with Gasteiger partial charge in [0.05, 0.1) is 6.61 Å². The van der Waals surface area contributed by atoms with Crippen LogP contribution in [-0.2, 0) is 4.74 Å². The minimum Gasteiger partial charge on any atom is -0.394 e. The second kappa shape index (κ2) is 9.65. The van der Waals surface area contributed by atoms with Crippen molar-refractivity contribution >= 4 is 5.69 Å². The molecule has 1 aromatic rings. The summed E-state index contributed by atoms with van der Waals surface area (Å²) in [4.78, 5) is 2.22. The lowest BCUT2D eigenvalue weighted by atomic mass is 10.1. The molecule has 1 N–H and O–H groups in total. The van der Waals surface area contributed by atoms with Gasteiger partial charge in [-0.1, -0.05) is 56.9 Å². The molecule has 2 rings (SSSR count). The number of anilines is 1. The van der Waals surface area contributed by atoms with Crippen molar-refractivity contribution in [2.24, 2.45) is 0 Å². The third-order valence-corrected chi connectivity index (χ3v) is 4.11. The summed E-state index contributed by atoms with van der Waals surface area (Å²) in [6, 6.07) is 10.3. The van der Waals surface area contributed by atoms with E-state index in [1.165, 1.54) is 32.1 Å². The third-order valence-electron chi connectivity index (χ3n) is 4.11. The second-order valence-electron chi connectivity index (χ2n) is 5.95. The quantitative estimate of drug-likeness (QED) is 0.550. The maximum absolute atomic E-state index is 9.36. The fourth-order valence-corrected chi connectivity index (χ4v) is 2.84. The zero-order valence-corrected chi connectivity index (χ0v) is 13.7. The van der Waals surface area contributed by atoms with E-state index in [1.807, 2.05) is 18.2 Å². The molecule has 0 aliphatic carbocycles. The number of benzene rings is 1. The minimum atomic E-state index is -0.0978. The molecule has 3 nitrogen and oxygen atoms in total. The molecule has 1 aromatic carbocycles. The highest BCUT2D eigenvalue weighted by Crippen LogP contribution is 2.25. The van der Waals surface area contributed by atoms with Gasteiger partial charge in [-0.2, -0.15) is 0 Å². The highest BCUT2D eigenvalue weighted by molar-refractivity contribution is 5.48. The molecule has 2 atom stereocenters. The van der Waals surface area contributed by atoms with Gasteiger partial charge in [-0.25, -0.2) is 0 Å². The molecule has 3 heteroatoms. The normalized spacial score (nSPS) is 21.8. The van der Waals surface area contributed by atoms with Crippen LogP contribution in [0, 0.1) is 0 Å². The summed E-state index contributed by atoms with van der Waals surface area (Å²) in [6.07, 6.45) is 11.9. The standard InChI is InChI=1S/C19H29NO2/c1-2-3-4-5-6-7-11-14-19-20(15-18(16-21)22-19)17-12-9-8-10-13-17/h8-14,18-19,21H,2-7,15-16H2,1H3. The highest BCUT2D eigenvalue weighted by atomic mass is 16.5. The first-order chi connectivity index (χ1) is 10.8. The monoisotopic (exact) mass is 303 g/mol. The summed E-state index contributed by atoms with van der Waals surface area (Å²) in [5.41, 5.74) is 1.15.